The van der Waals surface area contributed by atoms with E-state index in [2.05, 4.69) is 31.9 Å². The fourth-order valence-electron chi connectivity index (χ4n) is 0.724. The summed E-state index contributed by atoms with van der Waals surface area (Å²) >= 11 is 6.20. The predicted octanol–water partition coefficient (Wildman–Crippen LogP) is 2.84. The molecule has 0 heterocycles. The Hall–Kier alpha value is 0.0700. The van der Waals surface area contributed by atoms with Crippen molar-refractivity contribution in [2.45, 2.75) is 6.61 Å². The average Bonchev–Trinajstić information content (AvgIpc) is 1.96. The summed E-state index contributed by atoms with van der Waals surface area (Å²) in [6, 6.07) is 3.13. The van der Waals surface area contributed by atoms with Crippen molar-refractivity contribution in [2.24, 2.45) is 0 Å². The summed E-state index contributed by atoms with van der Waals surface area (Å²) in [5.74, 6) is -0.407. The molecule has 0 unspecified atom stereocenters. The fraction of sp³-hybridized carbons (Fsp3) is 0.143. The highest BCUT2D eigenvalue weighted by Gasteiger charge is 2.06. The molecular formula is C7H5Br2FO. The quantitative estimate of drug-likeness (QED) is 0.786. The molecule has 0 saturated heterocycles. The first-order valence-corrected chi connectivity index (χ1v) is 4.48. The van der Waals surface area contributed by atoms with Crippen LogP contribution in [0.1, 0.15) is 5.56 Å². The maximum atomic E-state index is 13.0. The van der Waals surface area contributed by atoms with Crippen LogP contribution in [0.15, 0.2) is 21.1 Å². The molecule has 1 aromatic rings. The fourth-order valence-corrected chi connectivity index (χ4v) is 2.04. The van der Waals surface area contributed by atoms with E-state index in [4.69, 9.17) is 5.11 Å². The first-order chi connectivity index (χ1) is 5.15. The maximum absolute atomic E-state index is 13.0. The third-order valence-corrected chi connectivity index (χ3v) is 2.27. The van der Waals surface area contributed by atoms with Crippen molar-refractivity contribution in [3.8, 4) is 0 Å². The van der Waals surface area contributed by atoms with E-state index in [0.29, 0.717) is 4.47 Å². The summed E-state index contributed by atoms with van der Waals surface area (Å²) in [4.78, 5) is 0. The Morgan fingerprint density at radius 1 is 1.36 bits per heavy atom. The minimum absolute atomic E-state index is 0.284. The summed E-state index contributed by atoms with van der Waals surface area (Å²) in [7, 11) is 0. The standard InChI is InChI=1S/C7H5Br2FO/c8-5-1-4(3-11)7(10)6(9)2-5/h1-2,11H,3H2. The second-order valence-electron chi connectivity index (χ2n) is 2.02. The molecule has 0 radical (unpaired) electrons. The van der Waals surface area contributed by atoms with Crippen LogP contribution in [-0.4, -0.2) is 5.11 Å². The Balaban J connectivity index is 3.24. The lowest BCUT2D eigenvalue weighted by Gasteiger charge is -2.01. The van der Waals surface area contributed by atoms with E-state index in [1.165, 1.54) is 0 Å². The minimum Gasteiger partial charge on any atom is -0.392 e. The van der Waals surface area contributed by atoms with E-state index >= 15 is 0 Å². The number of halogens is 3. The van der Waals surface area contributed by atoms with Gasteiger partial charge in [0, 0.05) is 10.0 Å². The van der Waals surface area contributed by atoms with Gasteiger partial charge in [-0.25, -0.2) is 4.39 Å². The van der Waals surface area contributed by atoms with Gasteiger partial charge in [0.05, 0.1) is 11.1 Å². The second kappa shape index (κ2) is 3.65. The highest BCUT2D eigenvalue weighted by Crippen LogP contribution is 2.24. The first kappa shape index (κ1) is 9.16. The van der Waals surface area contributed by atoms with Gasteiger partial charge in [-0.15, -0.1) is 0 Å². The SMILES string of the molecule is OCc1cc(Br)cc(Br)c1F. The van der Waals surface area contributed by atoms with E-state index in [-0.39, 0.29) is 12.2 Å². The molecule has 0 aliphatic carbocycles. The van der Waals surface area contributed by atoms with Crippen LogP contribution in [0.5, 0.6) is 0 Å². The van der Waals surface area contributed by atoms with E-state index < -0.39 is 5.82 Å². The smallest absolute Gasteiger partial charge is 0.142 e. The molecule has 0 saturated carbocycles. The van der Waals surface area contributed by atoms with Crippen LogP contribution in [0.3, 0.4) is 0 Å². The molecule has 1 rings (SSSR count). The van der Waals surface area contributed by atoms with Crippen LogP contribution in [0.25, 0.3) is 0 Å². The Morgan fingerprint density at radius 3 is 2.55 bits per heavy atom. The van der Waals surface area contributed by atoms with E-state index in [0.717, 1.165) is 4.47 Å². The Bertz CT molecular complexity index is 275. The Labute approximate surface area is 80.5 Å². The summed E-state index contributed by atoms with van der Waals surface area (Å²) in [6.07, 6.45) is 0. The molecule has 0 amide bonds. The van der Waals surface area contributed by atoms with Gasteiger partial charge in [0.1, 0.15) is 5.82 Å². The van der Waals surface area contributed by atoms with Crippen molar-refractivity contribution >= 4 is 31.9 Å². The molecule has 0 aliphatic rings. The molecule has 0 aromatic heterocycles. The molecule has 0 aliphatic heterocycles. The minimum atomic E-state index is -0.407. The van der Waals surface area contributed by atoms with Crippen molar-refractivity contribution in [3.05, 3.63) is 32.5 Å². The van der Waals surface area contributed by atoms with E-state index in [9.17, 15) is 4.39 Å². The van der Waals surface area contributed by atoms with Crippen LogP contribution in [0.4, 0.5) is 4.39 Å². The second-order valence-corrected chi connectivity index (χ2v) is 3.79. The predicted molar refractivity (Wildman–Crippen MR) is 47.7 cm³/mol. The number of aliphatic hydroxyl groups is 1. The van der Waals surface area contributed by atoms with Gasteiger partial charge in [-0.05, 0) is 28.1 Å². The van der Waals surface area contributed by atoms with Gasteiger partial charge < -0.3 is 5.11 Å². The molecule has 1 N–H and O–H groups in total. The molecule has 0 fully saturated rings. The molecule has 1 aromatic carbocycles. The van der Waals surface area contributed by atoms with Crippen LogP contribution in [0.2, 0.25) is 0 Å². The lowest BCUT2D eigenvalue weighted by atomic mass is 10.2. The van der Waals surface area contributed by atoms with Gasteiger partial charge in [-0.1, -0.05) is 15.9 Å². The van der Waals surface area contributed by atoms with E-state index in [1.807, 2.05) is 0 Å². The van der Waals surface area contributed by atoms with Crippen molar-refractivity contribution in [3.63, 3.8) is 0 Å². The first-order valence-electron chi connectivity index (χ1n) is 2.89. The lowest BCUT2D eigenvalue weighted by molar-refractivity contribution is 0.275. The number of aliphatic hydroxyl groups excluding tert-OH is 1. The highest BCUT2D eigenvalue weighted by molar-refractivity contribution is 9.11. The Kier molecular flexibility index (Phi) is 3.04. The molecule has 0 spiro atoms. The highest BCUT2D eigenvalue weighted by atomic mass is 79.9. The summed E-state index contributed by atoms with van der Waals surface area (Å²) < 4.78 is 14.1. The molecule has 11 heavy (non-hydrogen) atoms. The summed E-state index contributed by atoms with van der Waals surface area (Å²) in [5, 5.41) is 8.69. The zero-order valence-corrected chi connectivity index (χ0v) is 8.61. The number of benzene rings is 1. The van der Waals surface area contributed by atoms with Crippen LogP contribution in [0, 0.1) is 5.82 Å². The normalized spacial score (nSPS) is 10.2. The van der Waals surface area contributed by atoms with Gasteiger partial charge >= 0.3 is 0 Å². The molecular weight excluding hydrogens is 279 g/mol. The van der Waals surface area contributed by atoms with Crippen molar-refractivity contribution in [2.75, 3.05) is 0 Å². The maximum Gasteiger partial charge on any atom is 0.142 e. The van der Waals surface area contributed by atoms with Gasteiger partial charge in [-0.3, -0.25) is 0 Å². The largest absolute Gasteiger partial charge is 0.392 e. The molecule has 0 bridgehead atoms. The van der Waals surface area contributed by atoms with Crippen molar-refractivity contribution in [1.82, 2.24) is 0 Å². The summed E-state index contributed by atoms with van der Waals surface area (Å²) in [5.41, 5.74) is 0.284. The van der Waals surface area contributed by atoms with Gasteiger partial charge in [0.2, 0.25) is 0 Å². The van der Waals surface area contributed by atoms with Crippen molar-refractivity contribution < 1.29 is 9.50 Å². The molecule has 4 heteroatoms. The Morgan fingerprint density at radius 2 is 2.00 bits per heavy atom. The van der Waals surface area contributed by atoms with Gasteiger partial charge in [0.25, 0.3) is 0 Å². The lowest BCUT2D eigenvalue weighted by Crippen LogP contribution is -1.90. The van der Waals surface area contributed by atoms with Crippen LogP contribution in [-0.2, 0) is 6.61 Å². The summed E-state index contributed by atoms with van der Waals surface area (Å²) in [6.45, 7) is -0.288. The number of rotatable bonds is 1. The van der Waals surface area contributed by atoms with Gasteiger partial charge in [-0.2, -0.15) is 0 Å². The molecule has 1 nitrogen and oxygen atoms in total. The monoisotopic (exact) mass is 282 g/mol. The third kappa shape index (κ3) is 2.01. The average molecular weight is 284 g/mol. The van der Waals surface area contributed by atoms with Crippen molar-refractivity contribution in [1.29, 1.82) is 0 Å². The number of hydrogen-bond donors (Lipinski definition) is 1. The zero-order valence-electron chi connectivity index (χ0n) is 5.44. The number of hydrogen-bond acceptors (Lipinski definition) is 1. The molecule has 0 atom stereocenters. The molecule has 60 valence electrons. The topological polar surface area (TPSA) is 20.2 Å². The zero-order chi connectivity index (χ0) is 8.43. The third-order valence-electron chi connectivity index (χ3n) is 1.24. The van der Waals surface area contributed by atoms with Crippen LogP contribution >= 0.6 is 31.9 Å². The van der Waals surface area contributed by atoms with Crippen LogP contribution < -0.4 is 0 Å². The van der Waals surface area contributed by atoms with E-state index in [1.54, 1.807) is 12.1 Å². The van der Waals surface area contributed by atoms with Gasteiger partial charge in [0.15, 0.2) is 0 Å².